The highest BCUT2D eigenvalue weighted by atomic mass is 79.9. The summed E-state index contributed by atoms with van der Waals surface area (Å²) < 4.78 is 1.77. The van der Waals surface area contributed by atoms with Gasteiger partial charge in [-0.2, -0.15) is 0 Å². The Labute approximate surface area is 124 Å². The van der Waals surface area contributed by atoms with Gasteiger partial charge in [0, 0.05) is 15.1 Å². The van der Waals surface area contributed by atoms with E-state index in [9.17, 15) is 0 Å². The fourth-order valence-electron chi connectivity index (χ4n) is 1.53. The molecule has 0 aliphatic heterocycles. The summed E-state index contributed by atoms with van der Waals surface area (Å²) in [5, 5.41) is 0. The van der Waals surface area contributed by atoms with E-state index in [0.717, 1.165) is 28.2 Å². The fraction of sp³-hybridized carbons (Fsp3) is 0.231. The van der Waals surface area contributed by atoms with Crippen molar-refractivity contribution in [1.82, 2.24) is 9.97 Å². The van der Waals surface area contributed by atoms with Crippen LogP contribution in [0.25, 0.3) is 0 Å². The third kappa shape index (κ3) is 3.67. The molecule has 0 bridgehead atoms. The van der Waals surface area contributed by atoms with Crippen LogP contribution in [0.5, 0.6) is 0 Å². The Kier molecular flexibility index (Phi) is 4.97. The predicted octanol–water partition coefficient (Wildman–Crippen LogP) is 4.76. The van der Waals surface area contributed by atoms with Gasteiger partial charge in [0.25, 0.3) is 0 Å². The van der Waals surface area contributed by atoms with E-state index >= 15 is 0 Å². The number of benzene rings is 1. The van der Waals surface area contributed by atoms with Crippen LogP contribution in [-0.2, 0) is 12.2 Å². The number of H-pyrrole nitrogens is 1. The molecule has 94 valence electrons. The first kappa shape index (κ1) is 13.8. The predicted molar refractivity (Wildman–Crippen MR) is 82.5 cm³/mol. The zero-order chi connectivity index (χ0) is 13.0. The first-order valence-corrected chi connectivity index (χ1v) is 7.84. The van der Waals surface area contributed by atoms with Crippen molar-refractivity contribution in [2.45, 2.75) is 24.0 Å². The summed E-state index contributed by atoms with van der Waals surface area (Å²) in [6.45, 7) is 2.10. The van der Waals surface area contributed by atoms with Crippen molar-refractivity contribution in [3.8, 4) is 0 Å². The van der Waals surface area contributed by atoms with Gasteiger partial charge < -0.3 is 4.98 Å². The molecule has 0 spiro atoms. The number of hydrogen-bond donors (Lipinski definition) is 1. The first-order valence-electron chi connectivity index (χ1n) is 5.65. The molecule has 0 radical (unpaired) electrons. The van der Waals surface area contributed by atoms with Crippen LogP contribution in [0.15, 0.2) is 39.7 Å². The molecule has 1 aromatic heterocycles. The summed E-state index contributed by atoms with van der Waals surface area (Å²) in [7, 11) is 0. The molecule has 1 aromatic carbocycles. The first-order chi connectivity index (χ1) is 8.69. The lowest BCUT2D eigenvalue weighted by atomic mass is 10.3. The monoisotopic (exact) mass is 340 g/mol. The van der Waals surface area contributed by atoms with Gasteiger partial charge in [0.15, 0.2) is 0 Å². The lowest BCUT2D eigenvalue weighted by molar-refractivity contribution is 0.933. The molecule has 0 saturated heterocycles. The van der Waals surface area contributed by atoms with E-state index in [-0.39, 0.29) is 0 Å². The van der Waals surface area contributed by atoms with E-state index in [1.807, 2.05) is 24.3 Å². The number of aromatic amines is 1. The highest BCUT2D eigenvalue weighted by Gasteiger charge is 2.02. The number of rotatable bonds is 4. The molecule has 18 heavy (non-hydrogen) atoms. The highest BCUT2D eigenvalue weighted by molar-refractivity contribution is 9.10. The third-order valence-corrected chi connectivity index (χ3v) is 4.68. The minimum Gasteiger partial charge on any atom is -0.346 e. The molecule has 2 nitrogen and oxygen atoms in total. The third-order valence-electron chi connectivity index (χ3n) is 2.43. The van der Waals surface area contributed by atoms with Crippen LogP contribution < -0.4 is 0 Å². The maximum absolute atomic E-state index is 5.16. The number of halogens is 1. The molecule has 0 fully saturated rings. The Hall–Kier alpha value is -0.650. The number of aryl methyl sites for hydroxylation is 1. The second kappa shape index (κ2) is 6.50. The molecular weight excluding hydrogens is 328 g/mol. The van der Waals surface area contributed by atoms with Gasteiger partial charge in [0.2, 0.25) is 0 Å². The van der Waals surface area contributed by atoms with Crippen molar-refractivity contribution in [2.24, 2.45) is 0 Å². The van der Waals surface area contributed by atoms with Gasteiger partial charge in [-0.25, -0.2) is 4.98 Å². The molecule has 2 rings (SSSR count). The lowest BCUT2D eigenvalue weighted by Crippen LogP contribution is -1.97. The fourth-order valence-corrected chi connectivity index (χ4v) is 3.22. The van der Waals surface area contributed by atoms with Crippen LogP contribution in [0.4, 0.5) is 0 Å². The van der Waals surface area contributed by atoms with Crippen LogP contribution in [0.3, 0.4) is 0 Å². The molecule has 0 aliphatic carbocycles. The van der Waals surface area contributed by atoms with E-state index in [2.05, 4.69) is 38.9 Å². The van der Waals surface area contributed by atoms with Crippen molar-refractivity contribution < 1.29 is 0 Å². The van der Waals surface area contributed by atoms with E-state index in [1.165, 1.54) is 4.90 Å². The quantitative estimate of drug-likeness (QED) is 0.642. The van der Waals surface area contributed by atoms with Gasteiger partial charge in [0.1, 0.15) is 10.5 Å². The summed E-state index contributed by atoms with van der Waals surface area (Å²) in [5.74, 6) is 1.72. The van der Waals surface area contributed by atoms with Gasteiger partial charge in [-0.1, -0.05) is 31.3 Å². The van der Waals surface area contributed by atoms with E-state index < -0.39 is 0 Å². The van der Waals surface area contributed by atoms with Crippen LogP contribution in [0, 0.1) is 4.64 Å². The van der Waals surface area contributed by atoms with Crippen molar-refractivity contribution in [3.63, 3.8) is 0 Å². The normalized spacial score (nSPS) is 10.6. The number of nitrogens with zero attached hydrogens (tertiary/aromatic N) is 1. The molecule has 0 aliphatic rings. The van der Waals surface area contributed by atoms with Crippen molar-refractivity contribution in [2.75, 3.05) is 0 Å². The minimum absolute atomic E-state index is 0.660. The van der Waals surface area contributed by atoms with Crippen molar-refractivity contribution >= 4 is 39.9 Å². The molecule has 5 heteroatoms. The number of thioether (sulfide) groups is 1. The Morgan fingerprint density at radius 3 is 2.89 bits per heavy atom. The molecule has 0 amide bonds. The summed E-state index contributed by atoms with van der Waals surface area (Å²) in [5.41, 5.74) is 1.14. The average Bonchev–Trinajstić information content (AvgIpc) is 2.37. The second-order valence-electron chi connectivity index (χ2n) is 3.76. The summed E-state index contributed by atoms with van der Waals surface area (Å²) in [6.07, 6.45) is 0.943. The lowest BCUT2D eigenvalue weighted by Gasteiger charge is -2.05. The Morgan fingerprint density at radius 1 is 1.39 bits per heavy atom. The molecule has 0 atom stereocenters. The van der Waals surface area contributed by atoms with E-state index in [4.69, 9.17) is 12.2 Å². The summed E-state index contributed by atoms with van der Waals surface area (Å²) in [6, 6.07) is 10.1. The van der Waals surface area contributed by atoms with Crippen LogP contribution in [0.1, 0.15) is 18.4 Å². The molecular formula is C13H13BrN2S2. The maximum atomic E-state index is 5.16. The van der Waals surface area contributed by atoms with Crippen LogP contribution in [-0.4, -0.2) is 9.97 Å². The number of nitrogens with one attached hydrogen (secondary N) is 1. The maximum Gasteiger partial charge on any atom is 0.130 e. The van der Waals surface area contributed by atoms with Gasteiger partial charge >= 0.3 is 0 Å². The molecule has 2 aromatic rings. The molecule has 0 saturated carbocycles. The van der Waals surface area contributed by atoms with Gasteiger partial charge in [-0.15, -0.1) is 11.8 Å². The largest absolute Gasteiger partial charge is 0.346 e. The topological polar surface area (TPSA) is 28.7 Å². The minimum atomic E-state index is 0.660. The molecule has 1 heterocycles. The highest BCUT2D eigenvalue weighted by Crippen LogP contribution is 2.28. The van der Waals surface area contributed by atoms with E-state index in [0.29, 0.717) is 4.64 Å². The Morgan fingerprint density at radius 2 is 2.17 bits per heavy atom. The zero-order valence-corrected chi connectivity index (χ0v) is 13.2. The van der Waals surface area contributed by atoms with E-state index in [1.54, 1.807) is 11.8 Å². The van der Waals surface area contributed by atoms with Crippen LogP contribution >= 0.6 is 39.9 Å². The zero-order valence-electron chi connectivity index (χ0n) is 9.94. The Bertz CT molecular complexity index is 596. The smallest absolute Gasteiger partial charge is 0.130 e. The SMILES string of the molecule is CCc1cc(=S)nc(CSc2ccccc2Br)[nH]1. The van der Waals surface area contributed by atoms with Gasteiger partial charge in [-0.3, -0.25) is 0 Å². The van der Waals surface area contributed by atoms with Gasteiger partial charge in [0.05, 0.1) is 5.75 Å². The Balaban J connectivity index is 2.13. The standard InChI is InChI=1S/C13H13BrN2S2/c1-2-9-7-13(17)16-12(15-9)8-18-11-6-4-3-5-10(11)14/h3-7H,2,8H2,1H3,(H,15,16,17). The van der Waals surface area contributed by atoms with Gasteiger partial charge in [-0.05, 0) is 40.5 Å². The summed E-state index contributed by atoms with van der Waals surface area (Å²) >= 11 is 10.4. The second-order valence-corrected chi connectivity index (χ2v) is 6.05. The van der Waals surface area contributed by atoms with Crippen molar-refractivity contribution in [3.05, 3.63) is 51.0 Å². The number of aromatic nitrogens is 2. The average molecular weight is 341 g/mol. The molecule has 0 unspecified atom stereocenters. The number of hydrogen-bond acceptors (Lipinski definition) is 3. The van der Waals surface area contributed by atoms with Crippen LogP contribution in [0.2, 0.25) is 0 Å². The summed E-state index contributed by atoms with van der Waals surface area (Å²) in [4.78, 5) is 8.87. The molecule has 1 N–H and O–H groups in total. The van der Waals surface area contributed by atoms with Crippen molar-refractivity contribution in [1.29, 1.82) is 0 Å².